The van der Waals surface area contributed by atoms with Gasteiger partial charge in [-0.1, -0.05) is 6.07 Å². The van der Waals surface area contributed by atoms with Crippen LogP contribution in [-0.4, -0.2) is 24.9 Å². The normalized spacial score (nSPS) is 20.0. The molecule has 2 aromatic rings. The zero-order valence-electron chi connectivity index (χ0n) is 13.9. The molecule has 4 nitrogen and oxygen atoms in total. The predicted molar refractivity (Wildman–Crippen MR) is 90.7 cm³/mol. The molecule has 0 spiro atoms. The summed E-state index contributed by atoms with van der Waals surface area (Å²) in [6.07, 6.45) is 0.165. The van der Waals surface area contributed by atoms with Crippen LogP contribution in [0.15, 0.2) is 47.5 Å². The molecule has 6 heteroatoms. The summed E-state index contributed by atoms with van der Waals surface area (Å²) in [4.78, 5) is 17.0. The molecular formula is C19H18F2N2O2. The SMILES string of the molecule is COc1ccc(C2=NC(C)C(Cc3ccc(F)cc3F)C(=O)N2)cc1. The minimum atomic E-state index is -0.648. The molecule has 130 valence electrons. The number of benzene rings is 2. The molecule has 0 aromatic heterocycles. The van der Waals surface area contributed by atoms with Gasteiger partial charge in [0.2, 0.25) is 5.91 Å². The van der Waals surface area contributed by atoms with Crippen molar-refractivity contribution in [3.63, 3.8) is 0 Å². The standard InChI is InChI=1S/C19H18F2N2O2/c1-11-16(9-13-3-6-14(20)10-17(13)21)19(24)23-18(22-11)12-4-7-15(25-2)8-5-12/h3-8,10-11,16H,9H2,1-2H3,(H,22,23,24). The van der Waals surface area contributed by atoms with Gasteiger partial charge in [0.15, 0.2) is 0 Å². The number of halogens is 2. The van der Waals surface area contributed by atoms with E-state index in [1.807, 2.05) is 19.1 Å². The number of nitrogens with one attached hydrogen (secondary N) is 1. The number of amides is 1. The lowest BCUT2D eigenvalue weighted by Crippen LogP contribution is -2.46. The average molecular weight is 344 g/mol. The molecule has 1 aliphatic heterocycles. The van der Waals surface area contributed by atoms with Crippen molar-refractivity contribution in [3.05, 3.63) is 65.2 Å². The molecule has 1 N–H and O–H groups in total. The molecule has 2 aromatic carbocycles. The lowest BCUT2D eigenvalue weighted by Gasteiger charge is -2.27. The number of carbonyl (C=O) groups is 1. The summed E-state index contributed by atoms with van der Waals surface area (Å²) in [6.45, 7) is 1.81. The Labute approximate surface area is 144 Å². The van der Waals surface area contributed by atoms with E-state index in [1.54, 1.807) is 19.2 Å². The highest BCUT2D eigenvalue weighted by Gasteiger charge is 2.31. The van der Waals surface area contributed by atoms with Gasteiger partial charge in [0, 0.05) is 11.6 Å². The van der Waals surface area contributed by atoms with Gasteiger partial charge in [-0.3, -0.25) is 9.79 Å². The summed E-state index contributed by atoms with van der Waals surface area (Å²) in [7, 11) is 1.58. The summed E-state index contributed by atoms with van der Waals surface area (Å²) < 4.78 is 32.0. The highest BCUT2D eigenvalue weighted by atomic mass is 19.1. The van der Waals surface area contributed by atoms with Crippen molar-refractivity contribution < 1.29 is 18.3 Å². The van der Waals surface area contributed by atoms with Crippen LogP contribution in [0.2, 0.25) is 0 Å². The number of hydrogen-bond donors (Lipinski definition) is 1. The third kappa shape index (κ3) is 3.68. The van der Waals surface area contributed by atoms with Crippen LogP contribution >= 0.6 is 0 Å². The van der Waals surface area contributed by atoms with Gasteiger partial charge in [-0.15, -0.1) is 0 Å². The minimum Gasteiger partial charge on any atom is -0.497 e. The Balaban J connectivity index is 1.80. The van der Waals surface area contributed by atoms with Crippen LogP contribution in [0.4, 0.5) is 8.78 Å². The van der Waals surface area contributed by atoms with Gasteiger partial charge in [0.1, 0.15) is 23.2 Å². The Morgan fingerprint density at radius 1 is 1.16 bits per heavy atom. The Morgan fingerprint density at radius 2 is 1.88 bits per heavy atom. The third-order valence-corrected chi connectivity index (χ3v) is 4.31. The van der Waals surface area contributed by atoms with Gasteiger partial charge in [-0.2, -0.15) is 0 Å². The molecule has 2 atom stereocenters. The van der Waals surface area contributed by atoms with Crippen LogP contribution in [0.25, 0.3) is 0 Å². The van der Waals surface area contributed by atoms with E-state index in [1.165, 1.54) is 12.1 Å². The Kier molecular flexibility index (Phi) is 4.79. The van der Waals surface area contributed by atoms with Crippen molar-refractivity contribution >= 4 is 11.7 Å². The summed E-state index contributed by atoms with van der Waals surface area (Å²) >= 11 is 0. The topological polar surface area (TPSA) is 50.7 Å². The van der Waals surface area contributed by atoms with E-state index in [-0.39, 0.29) is 18.4 Å². The number of aliphatic imine (C=N–C) groups is 1. The van der Waals surface area contributed by atoms with E-state index in [4.69, 9.17) is 4.74 Å². The first kappa shape index (κ1) is 17.1. The van der Waals surface area contributed by atoms with Crippen LogP contribution in [-0.2, 0) is 11.2 Å². The second-order valence-corrected chi connectivity index (χ2v) is 5.98. The maximum atomic E-state index is 13.9. The fourth-order valence-electron chi connectivity index (χ4n) is 2.84. The second-order valence-electron chi connectivity index (χ2n) is 5.98. The largest absolute Gasteiger partial charge is 0.497 e. The molecule has 25 heavy (non-hydrogen) atoms. The molecule has 1 aliphatic rings. The first-order valence-corrected chi connectivity index (χ1v) is 7.95. The van der Waals surface area contributed by atoms with Crippen molar-refractivity contribution in [1.29, 1.82) is 0 Å². The van der Waals surface area contributed by atoms with Gasteiger partial charge < -0.3 is 10.1 Å². The van der Waals surface area contributed by atoms with E-state index < -0.39 is 17.6 Å². The highest BCUT2D eigenvalue weighted by molar-refractivity contribution is 6.10. The zero-order chi connectivity index (χ0) is 18.0. The van der Waals surface area contributed by atoms with Crippen LogP contribution < -0.4 is 10.1 Å². The Bertz CT molecular complexity index is 819. The lowest BCUT2D eigenvalue weighted by atomic mass is 9.90. The Hall–Kier alpha value is -2.76. The maximum Gasteiger partial charge on any atom is 0.231 e. The van der Waals surface area contributed by atoms with Crippen molar-refractivity contribution in [2.45, 2.75) is 19.4 Å². The number of amidine groups is 1. The Morgan fingerprint density at radius 3 is 2.48 bits per heavy atom. The van der Waals surface area contributed by atoms with Gasteiger partial charge >= 0.3 is 0 Å². The summed E-state index contributed by atoms with van der Waals surface area (Å²) in [5.74, 6) is -0.827. The van der Waals surface area contributed by atoms with Crippen LogP contribution in [0.5, 0.6) is 5.75 Å². The van der Waals surface area contributed by atoms with Crippen molar-refractivity contribution in [3.8, 4) is 5.75 Å². The van der Waals surface area contributed by atoms with Gasteiger partial charge in [0.05, 0.1) is 19.1 Å². The average Bonchev–Trinajstić information content (AvgIpc) is 2.59. The third-order valence-electron chi connectivity index (χ3n) is 4.31. The highest BCUT2D eigenvalue weighted by Crippen LogP contribution is 2.22. The van der Waals surface area contributed by atoms with Gasteiger partial charge in [-0.25, -0.2) is 8.78 Å². The molecule has 1 heterocycles. The van der Waals surface area contributed by atoms with Crippen molar-refractivity contribution in [2.75, 3.05) is 7.11 Å². The fraction of sp³-hybridized carbons (Fsp3) is 0.263. The zero-order valence-corrected chi connectivity index (χ0v) is 13.9. The van der Waals surface area contributed by atoms with Crippen LogP contribution in [0.1, 0.15) is 18.1 Å². The molecule has 0 bridgehead atoms. The minimum absolute atomic E-state index is 0.165. The fourth-order valence-corrected chi connectivity index (χ4v) is 2.84. The quantitative estimate of drug-likeness (QED) is 0.927. The molecule has 3 rings (SSSR count). The smallest absolute Gasteiger partial charge is 0.231 e. The maximum absolute atomic E-state index is 13.9. The predicted octanol–water partition coefficient (Wildman–Crippen LogP) is 3.10. The summed E-state index contributed by atoms with van der Waals surface area (Å²) in [6, 6.07) is 10.3. The number of rotatable bonds is 4. The van der Waals surface area contributed by atoms with Crippen molar-refractivity contribution in [1.82, 2.24) is 5.32 Å². The van der Waals surface area contributed by atoms with Crippen LogP contribution in [0.3, 0.4) is 0 Å². The second kappa shape index (κ2) is 7.01. The molecule has 2 unspecified atom stereocenters. The number of hydrogen-bond acceptors (Lipinski definition) is 3. The van der Waals surface area contributed by atoms with Crippen LogP contribution in [0, 0.1) is 17.6 Å². The molecule has 1 amide bonds. The van der Waals surface area contributed by atoms with E-state index >= 15 is 0 Å². The molecule has 0 saturated carbocycles. The molecule has 0 aliphatic carbocycles. The number of carbonyl (C=O) groups excluding carboxylic acids is 1. The van der Waals surface area contributed by atoms with Gasteiger partial charge in [-0.05, 0) is 49.2 Å². The van der Waals surface area contributed by atoms with E-state index in [0.717, 1.165) is 11.6 Å². The first-order valence-electron chi connectivity index (χ1n) is 7.95. The van der Waals surface area contributed by atoms with Crippen molar-refractivity contribution in [2.24, 2.45) is 10.9 Å². The van der Waals surface area contributed by atoms with E-state index in [9.17, 15) is 13.6 Å². The van der Waals surface area contributed by atoms with E-state index in [2.05, 4.69) is 10.3 Å². The monoisotopic (exact) mass is 344 g/mol. The molecule has 0 fully saturated rings. The molecular weight excluding hydrogens is 326 g/mol. The number of ether oxygens (including phenoxy) is 1. The first-order chi connectivity index (χ1) is 12.0. The number of methoxy groups -OCH3 is 1. The van der Waals surface area contributed by atoms with Gasteiger partial charge in [0.25, 0.3) is 0 Å². The molecule has 0 saturated heterocycles. The van der Waals surface area contributed by atoms with E-state index in [0.29, 0.717) is 17.1 Å². The lowest BCUT2D eigenvalue weighted by molar-refractivity contribution is -0.124. The molecule has 0 radical (unpaired) electrons. The number of nitrogens with zero attached hydrogens (tertiary/aromatic N) is 1. The summed E-state index contributed by atoms with van der Waals surface area (Å²) in [5, 5.41) is 2.78. The summed E-state index contributed by atoms with van der Waals surface area (Å²) in [5.41, 5.74) is 1.07.